The van der Waals surface area contributed by atoms with E-state index in [0.717, 1.165) is 38.0 Å². The van der Waals surface area contributed by atoms with Crippen molar-refractivity contribution in [1.29, 1.82) is 0 Å². The monoisotopic (exact) mass is 280 g/mol. The Morgan fingerprint density at radius 2 is 2.35 bits per heavy atom. The van der Waals surface area contributed by atoms with Crippen LogP contribution >= 0.6 is 0 Å². The zero-order valence-electron chi connectivity index (χ0n) is 12.2. The van der Waals surface area contributed by atoms with Gasteiger partial charge >= 0.3 is 0 Å². The molecule has 2 rings (SSSR count). The standard InChI is InChI=1S/C16H25FN2O/c1-18-16(14-3-2-4-15(17)11-14)6-9-19-8-5-13(12-19)7-10-20/h2-4,11,13,16,18,20H,5-10,12H2,1H3. The first kappa shape index (κ1) is 15.4. The van der Waals surface area contributed by atoms with Crippen LogP contribution in [0.1, 0.15) is 30.9 Å². The number of likely N-dealkylation sites (tertiary alicyclic amines) is 1. The van der Waals surface area contributed by atoms with Gasteiger partial charge in [-0.15, -0.1) is 0 Å². The molecule has 2 N–H and O–H groups in total. The summed E-state index contributed by atoms with van der Waals surface area (Å²) in [4.78, 5) is 2.45. The van der Waals surface area contributed by atoms with E-state index in [-0.39, 0.29) is 11.9 Å². The molecule has 2 unspecified atom stereocenters. The summed E-state index contributed by atoms with van der Waals surface area (Å²) >= 11 is 0. The van der Waals surface area contributed by atoms with Crippen LogP contribution in [-0.4, -0.2) is 43.3 Å². The molecule has 1 aromatic rings. The van der Waals surface area contributed by atoms with Crippen molar-refractivity contribution in [3.63, 3.8) is 0 Å². The van der Waals surface area contributed by atoms with E-state index in [1.165, 1.54) is 12.5 Å². The zero-order valence-corrected chi connectivity index (χ0v) is 12.2. The summed E-state index contributed by atoms with van der Waals surface area (Å²) in [5, 5.41) is 12.3. The molecule has 0 amide bonds. The summed E-state index contributed by atoms with van der Waals surface area (Å²) in [5.41, 5.74) is 1.01. The van der Waals surface area contributed by atoms with Crippen molar-refractivity contribution in [2.24, 2.45) is 5.92 Å². The van der Waals surface area contributed by atoms with Crippen LogP contribution in [0.15, 0.2) is 24.3 Å². The van der Waals surface area contributed by atoms with Gasteiger partial charge in [0.1, 0.15) is 5.82 Å². The van der Waals surface area contributed by atoms with Crippen LogP contribution in [0.2, 0.25) is 0 Å². The lowest BCUT2D eigenvalue weighted by Gasteiger charge is -2.21. The third-order valence-corrected chi connectivity index (χ3v) is 4.24. The highest BCUT2D eigenvalue weighted by Gasteiger charge is 2.22. The number of hydrogen-bond acceptors (Lipinski definition) is 3. The van der Waals surface area contributed by atoms with Gasteiger partial charge < -0.3 is 15.3 Å². The number of hydrogen-bond donors (Lipinski definition) is 2. The van der Waals surface area contributed by atoms with Crippen LogP contribution in [0.25, 0.3) is 0 Å². The van der Waals surface area contributed by atoms with E-state index in [1.54, 1.807) is 12.1 Å². The molecule has 112 valence electrons. The molecule has 0 radical (unpaired) electrons. The Balaban J connectivity index is 1.83. The van der Waals surface area contributed by atoms with Crippen molar-refractivity contribution >= 4 is 0 Å². The summed E-state index contributed by atoms with van der Waals surface area (Å²) in [5.74, 6) is 0.467. The molecule has 3 nitrogen and oxygen atoms in total. The van der Waals surface area contributed by atoms with Crippen LogP contribution in [-0.2, 0) is 0 Å². The van der Waals surface area contributed by atoms with Gasteiger partial charge in [-0.25, -0.2) is 4.39 Å². The van der Waals surface area contributed by atoms with E-state index < -0.39 is 0 Å². The number of nitrogens with zero attached hydrogens (tertiary/aromatic N) is 1. The van der Waals surface area contributed by atoms with Gasteiger partial charge in [0.15, 0.2) is 0 Å². The summed E-state index contributed by atoms with van der Waals surface area (Å²) in [7, 11) is 1.92. The van der Waals surface area contributed by atoms with Gasteiger partial charge in [-0.05, 0) is 63.0 Å². The lowest BCUT2D eigenvalue weighted by atomic mass is 10.0. The number of halogens is 1. The molecule has 20 heavy (non-hydrogen) atoms. The van der Waals surface area contributed by atoms with E-state index in [1.807, 2.05) is 13.1 Å². The van der Waals surface area contributed by atoms with E-state index >= 15 is 0 Å². The van der Waals surface area contributed by atoms with Crippen molar-refractivity contribution in [2.75, 3.05) is 33.3 Å². The predicted octanol–water partition coefficient (Wildman–Crippen LogP) is 2.18. The van der Waals surface area contributed by atoms with Gasteiger partial charge in [-0.3, -0.25) is 0 Å². The van der Waals surface area contributed by atoms with Crippen molar-refractivity contribution < 1.29 is 9.50 Å². The minimum atomic E-state index is -0.174. The Morgan fingerprint density at radius 1 is 1.50 bits per heavy atom. The topological polar surface area (TPSA) is 35.5 Å². The van der Waals surface area contributed by atoms with E-state index in [4.69, 9.17) is 5.11 Å². The average Bonchev–Trinajstić information content (AvgIpc) is 2.88. The van der Waals surface area contributed by atoms with Crippen LogP contribution in [0, 0.1) is 11.7 Å². The molecule has 1 aliphatic heterocycles. The molecule has 0 aromatic heterocycles. The van der Waals surface area contributed by atoms with Crippen LogP contribution in [0.3, 0.4) is 0 Å². The third-order valence-electron chi connectivity index (χ3n) is 4.24. The summed E-state index contributed by atoms with van der Waals surface area (Å²) < 4.78 is 13.3. The first-order valence-corrected chi connectivity index (χ1v) is 7.49. The van der Waals surface area contributed by atoms with Gasteiger partial charge in [-0.2, -0.15) is 0 Å². The van der Waals surface area contributed by atoms with Crippen molar-refractivity contribution in [1.82, 2.24) is 10.2 Å². The molecule has 0 saturated carbocycles. The molecule has 2 atom stereocenters. The fraction of sp³-hybridized carbons (Fsp3) is 0.625. The Labute approximate surface area is 120 Å². The van der Waals surface area contributed by atoms with E-state index in [0.29, 0.717) is 12.5 Å². The SMILES string of the molecule is CNC(CCN1CCC(CCO)C1)c1cccc(F)c1. The molecule has 1 aromatic carbocycles. The summed E-state index contributed by atoms with van der Waals surface area (Å²) in [6.07, 6.45) is 3.08. The lowest BCUT2D eigenvalue weighted by Crippen LogP contribution is -2.27. The molecular weight excluding hydrogens is 255 g/mol. The van der Waals surface area contributed by atoms with Gasteiger partial charge in [0.25, 0.3) is 0 Å². The molecular formula is C16H25FN2O. The molecule has 1 aliphatic rings. The minimum absolute atomic E-state index is 0.174. The van der Waals surface area contributed by atoms with Gasteiger partial charge in [0, 0.05) is 19.2 Å². The van der Waals surface area contributed by atoms with Crippen molar-refractivity contribution in [2.45, 2.75) is 25.3 Å². The van der Waals surface area contributed by atoms with Gasteiger partial charge in [-0.1, -0.05) is 12.1 Å². The quantitative estimate of drug-likeness (QED) is 0.803. The molecule has 4 heteroatoms. The summed E-state index contributed by atoms with van der Waals surface area (Å²) in [6.45, 7) is 3.51. The van der Waals surface area contributed by atoms with Crippen molar-refractivity contribution in [3.05, 3.63) is 35.6 Å². The maximum absolute atomic E-state index is 13.3. The number of nitrogens with one attached hydrogen (secondary N) is 1. The Morgan fingerprint density at radius 3 is 3.05 bits per heavy atom. The maximum atomic E-state index is 13.3. The maximum Gasteiger partial charge on any atom is 0.123 e. The summed E-state index contributed by atoms with van der Waals surface area (Å²) in [6, 6.07) is 7.03. The Bertz CT molecular complexity index is 413. The second-order valence-corrected chi connectivity index (χ2v) is 5.65. The normalized spacial score (nSPS) is 21.2. The molecule has 1 fully saturated rings. The van der Waals surface area contributed by atoms with E-state index in [2.05, 4.69) is 10.2 Å². The fourth-order valence-corrected chi connectivity index (χ4v) is 3.05. The highest BCUT2D eigenvalue weighted by Crippen LogP contribution is 2.22. The van der Waals surface area contributed by atoms with Crippen molar-refractivity contribution in [3.8, 4) is 0 Å². The molecule has 0 aliphatic carbocycles. The third kappa shape index (κ3) is 4.27. The Hall–Kier alpha value is -0.970. The number of rotatable bonds is 7. The second kappa shape index (κ2) is 7.72. The largest absolute Gasteiger partial charge is 0.396 e. The average molecular weight is 280 g/mol. The molecule has 1 heterocycles. The van der Waals surface area contributed by atoms with Gasteiger partial charge in [0.05, 0.1) is 0 Å². The Kier molecular flexibility index (Phi) is 5.95. The molecule has 1 saturated heterocycles. The molecule has 0 spiro atoms. The zero-order chi connectivity index (χ0) is 14.4. The smallest absolute Gasteiger partial charge is 0.123 e. The van der Waals surface area contributed by atoms with Crippen LogP contribution in [0.4, 0.5) is 4.39 Å². The number of benzene rings is 1. The number of aliphatic hydroxyl groups is 1. The molecule has 0 bridgehead atoms. The number of aliphatic hydroxyl groups excluding tert-OH is 1. The highest BCUT2D eigenvalue weighted by molar-refractivity contribution is 5.20. The second-order valence-electron chi connectivity index (χ2n) is 5.65. The van der Waals surface area contributed by atoms with E-state index in [9.17, 15) is 4.39 Å². The van der Waals surface area contributed by atoms with Crippen LogP contribution in [0.5, 0.6) is 0 Å². The van der Waals surface area contributed by atoms with Gasteiger partial charge in [0.2, 0.25) is 0 Å². The first-order valence-electron chi connectivity index (χ1n) is 7.49. The lowest BCUT2D eigenvalue weighted by molar-refractivity contribution is 0.248. The van der Waals surface area contributed by atoms with Crippen LogP contribution < -0.4 is 5.32 Å². The first-order chi connectivity index (χ1) is 9.72. The predicted molar refractivity (Wildman–Crippen MR) is 79.1 cm³/mol. The minimum Gasteiger partial charge on any atom is -0.396 e. The highest BCUT2D eigenvalue weighted by atomic mass is 19.1. The fourth-order valence-electron chi connectivity index (χ4n) is 3.05.